The highest BCUT2D eigenvalue weighted by Gasteiger charge is 2.28. The monoisotopic (exact) mass is 322 g/mol. The summed E-state index contributed by atoms with van der Waals surface area (Å²) in [6, 6.07) is 16.2. The van der Waals surface area contributed by atoms with Crippen LogP contribution in [0.2, 0.25) is 0 Å². The number of benzene rings is 2. The molecular weight excluding hydrogens is 300 g/mol. The van der Waals surface area contributed by atoms with Gasteiger partial charge in [0.25, 0.3) is 0 Å². The summed E-state index contributed by atoms with van der Waals surface area (Å²) in [5, 5.41) is 6.47. The van der Waals surface area contributed by atoms with Gasteiger partial charge in [-0.2, -0.15) is 0 Å². The second-order valence-corrected chi connectivity index (χ2v) is 6.52. The first-order valence-electron chi connectivity index (χ1n) is 8.67. The first-order valence-corrected chi connectivity index (χ1v) is 8.67. The molecule has 0 unspecified atom stereocenters. The van der Waals surface area contributed by atoms with Gasteiger partial charge in [-0.1, -0.05) is 36.4 Å². The summed E-state index contributed by atoms with van der Waals surface area (Å²) in [6.07, 6.45) is 2.04. The number of carbonyl (C=O) groups is 1. The van der Waals surface area contributed by atoms with Crippen LogP contribution in [0.1, 0.15) is 29.9 Å². The quantitative estimate of drug-likeness (QED) is 0.913. The minimum absolute atomic E-state index is 0.0871. The van der Waals surface area contributed by atoms with Crippen molar-refractivity contribution in [3.63, 3.8) is 0 Å². The van der Waals surface area contributed by atoms with Crippen LogP contribution in [-0.4, -0.2) is 25.5 Å². The van der Waals surface area contributed by atoms with Gasteiger partial charge in [0.15, 0.2) is 0 Å². The molecule has 2 aliphatic rings. The van der Waals surface area contributed by atoms with Crippen LogP contribution in [0, 0.1) is 5.92 Å². The van der Waals surface area contributed by atoms with Crippen LogP contribution >= 0.6 is 0 Å². The molecule has 124 valence electrons. The van der Waals surface area contributed by atoms with Gasteiger partial charge in [-0.3, -0.25) is 4.79 Å². The number of nitrogens with one attached hydrogen (secondary N) is 2. The predicted octanol–water partition coefficient (Wildman–Crippen LogP) is 3.04. The van der Waals surface area contributed by atoms with Crippen LogP contribution in [0.25, 0.3) is 0 Å². The van der Waals surface area contributed by atoms with Crippen molar-refractivity contribution in [3.8, 4) is 11.5 Å². The Morgan fingerprint density at radius 1 is 1.08 bits per heavy atom. The minimum atomic E-state index is 0.0871. The Labute approximate surface area is 142 Å². The summed E-state index contributed by atoms with van der Waals surface area (Å²) in [7, 11) is 0. The fraction of sp³-hybridized carbons (Fsp3) is 0.350. The Kier molecular flexibility index (Phi) is 4.22. The Bertz CT molecular complexity index is 692. The van der Waals surface area contributed by atoms with Gasteiger partial charge >= 0.3 is 0 Å². The van der Waals surface area contributed by atoms with Crippen LogP contribution in [0.4, 0.5) is 0 Å². The Balaban J connectivity index is 1.55. The highest BCUT2D eigenvalue weighted by molar-refractivity contribution is 5.79. The first-order chi connectivity index (χ1) is 11.8. The van der Waals surface area contributed by atoms with Crippen molar-refractivity contribution in [1.82, 2.24) is 10.6 Å². The smallest absolute Gasteiger partial charge is 0.224 e. The first kappa shape index (κ1) is 15.2. The van der Waals surface area contributed by atoms with Gasteiger partial charge < -0.3 is 15.4 Å². The summed E-state index contributed by atoms with van der Waals surface area (Å²) >= 11 is 0. The van der Waals surface area contributed by atoms with Crippen molar-refractivity contribution in [3.05, 3.63) is 59.7 Å². The summed E-state index contributed by atoms with van der Waals surface area (Å²) in [5.74, 6) is 2.14. The number of para-hydroxylation sites is 2. The second kappa shape index (κ2) is 6.65. The number of rotatable bonds is 3. The van der Waals surface area contributed by atoms with Crippen molar-refractivity contribution in [2.45, 2.75) is 18.8 Å². The minimum Gasteiger partial charge on any atom is -0.457 e. The number of fused-ring (bicyclic) bond motifs is 2. The molecule has 0 spiro atoms. The lowest BCUT2D eigenvalue weighted by Crippen LogP contribution is -2.42. The molecule has 2 heterocycles. The maximum absolute atomic E-state index is 12.5. The normalized spacial score (nSPS) is 19.8. The molecule has 0 aromatic heterocycles. The standard InChI is InChI=1S/C20H22N2O2/c23-20(14-6-5-11-21-12-14)22-13-17-15-7-1-3-9-18(15)24-19-10-4-2-8-16(17)19/h1-4,7-10,14,17,21H,5-6,11-13H2,(H,22,23)/t14-/m0/s1. The molecule has 2 aromatic carbocycles. The zero-order valence-electron chi connectivity index (χ0n) is 13.6. The van der Waals surface area contributed by atoms with Crippen LogP contribution in [0.15, 0.2) is 48.5 Å². The molecule has 0 saturated carbocycles. The second-order valence-electron chi connectivity index (χ2n) is 6.52. The predicted molar refractivity (Wildman–Crippen MR) is 93.4 cm³/mol. The third-order valence-corrected chi connectivity index (χ3v) is 4.96. The SMILES string of the molecule is O=C(NCC1c2ccccc2Oc2ccccc21)[C@H]1CCCNC1. The molecule has 1 saturated heterocycles. The van der Waals surface area contributed by atoms with E-state index in [-0.39, 0.29) is 17.7 Å². The molecule has 4 heteroatoms. The largest absolute Gasteiger partial charge is 0.457 e. The van der Waals surface area contributed by atoms with E-state index in [0.717, 1.165) is 48.6 Å². The van der Waals surface area contributed by atoms with Crippen molar-refractivity contribution in [1.29, 1.82) is 0 Å². The van der Waals surface area contributed by atoms with E-state index < -0.39 is 0 Å². The third kappa shape index (κ3) is 2.89. The maximum atomic E-state index is 12.5. The topological polar surface area (TPSA) is 50.4 Å². The van der Waals surface area contributed by atoms with E-state index >= 15 is 0 Å². The molecule has 0 aliphatic carbocycles. The van der Waals surface area contributed by atoms with Gasteiger partial charge in [-0.05, 0) is 31.5 Å². The average molecular weight is 322 g/mol. The Hall–Kier alpha value is -2.33. The summed E-state index contributed by atoms with van der Waals surface area (Å²) in [4.78, 5) is 12.5. The highest BCUT2D eigenvalue weighted by Crippen LogP contribution is 2.43. The van der Waals surface area contributed by atoms with Gasteiger partial charge in [0.2, 0.25) is 5.91 Å². The number of amides is 1. The van der Waals surface area contributed by atoms with E-state index in [0.29, 0.717) is 6.54 Å². The Morgan fingerprint density at radius 2 is 1.75 bits per heavy atom. The van der Waals surface area contributed by atoms with E-state index in [1.54, 1.807) is 0 Å². The molecule has 24 heavy (non-hydrogen) atoms. The molecular formula is C20H22N2O2. The van der Waals surface area contributed by atoms with Crippen LogP contribution < -0.4 is 15.4 Å². The molecule has 4 rings (SSSR count). The lowest BCUT2D eigenvalue weighted by Gasteiger charge is -2.29. The Morgan fingerprint density at radius 3 is 2.38 bits per heavy atom. The van der Waals surface area contributed by atoms with E-state index in [4.69, 9.17) is 4.74 Å². The average Bonchev–Trinajstić information content (AvgIpc) is 2.65. The van der Waals surface area contributed by atoms with Crippen LogP contribution in [0.3, 0.4) is 0 Å². The molecule has 2 N–H and O–H groups in total. The summed E-state index contributed by atoms with van der Waals surface area (Å²) in [5.41, 5.74) is 2.27. The molecule has 1 amide bonds. The van der Waals surface area contributed by atoms with Crippen LogP contribution in [0.5, 0.6) is 11.5 Å². The van der Waals surface area contributed by atoms with E-state index in [9.17, 15) is 4.79 Å². The number of ether oxygens (including phenoxy) is 1. The molecule has 2 aliphatic heterocycles. The number of hydrogen-bond acceptors (Lipinski definition) is 3. The molecule has 0 bridgehead atoms. The maximum Gasteiger partial charge on any atom is 0.224 e. The van der Waals surface area contributed by atoms with Crippen molar-refractivity contribution in [2.24, 2.45) is 5.92 Å². The van der Waals surface area contributed by atoms with Crippen LogP contribution in [-0.2, 0) is 4.79 Å². The van der Waals surface area contributed by atoms with Crippen molar-refractivity contribution < 1.29 is 9.53 Å². The highest BCUT2D eigenvalue weighted by atomic mass is 16.5. The number of carbonyl (C=O) groups excluding carboxylic acids is 1. The van der Waals surface area contributed by atoms with Gasteiger partial charge in [-0.25, -0.2) is 0 Å². The summed E-state index contributed by atoms with van der Waals surface area (Å²) < 4.78 is 6.01. The molecule has 4 nitrogen and oxygen atoms in total. The van der Waals surface area contributed by atoms with Crippen molar-refractivity contribution in [2.75, 3.05) is 19.6 Å². The lowest BCUT2D eigenvalue weighted by atomic mass is 9.87. The van der Waals surface area contributed by atoms with Gasteiger partial charge in [-0.15, -0.1) is 0 Å². The van der Waals surface area contributed by atoms with E-state index in [2.05, 4.69) is 22.8 Å². The third-order valence-electron chi connectivity index (χ3n) is 4.96. The van der Waals surface area contributed by atoms with Gasteiger partial charge in [0.1, 0.15) is 11.5 Å². The van der Waals surface area contributed by atoms with E-state index in [1.807, 2.05) is 36.4 Å². The molecule has 2 aromatic rings. The fourth-order valence-electron chi connectivity index (χ4n) is 3.65. The molecule has 1 fully saturated rings. The molecule has 0 radical (unpaired) electrons. The molecule has 1 atom stereocenters. The number of hydrogen-bond donors (Lipinski definition) is 2. The van der Waals surface area contributed by atoms with Gasteiger partial charge in [0, 0.05) is 30.1 Å². The lowest BCUT2D eigenvalue weighted by molar-refractivity contribution is -0.125. The van der Waals surface area contributed by atoms with Gasteiger partial charge in [0.05, 0.1) is 5.92 Å². The number of piperidine rings is 1. The van der Waals surface area contributed by atoms with Crippen molar-refractivity contribution >= 4 is 5.91 Å². The summed E-state index contributed by atoms with van der Waals surface area (Å²) in [6.45, 7) is 2.41. The fourth-order valence-corrected chi connectivity index (χ4v) is 3.65. The zero-order valence-corrected chi connectivity index (χ0v) is 13.6. The van der Waals surface area contributed by atoms with E-state index in [1.165, 1.54) is 0 Å². The zero-order chi connectivity index (χ0) is 16.4.